The second-order valence-electron chi connectivity index (χ2n) is 3.58. The normalized spacial score (nSPS) is 11.7. The largest absolute Gasteiger partial charge is 0.392 e. The molecule has 0 aliphatic rings. The van der Waals surface area contributed by atoms with Crippen molar-refractivity contribution in [1.29, 1.82) is 0 Å². The van der Waals surface area contributed by atoms with E-state index in [9.17, 15) is 0 Å². The third kappa shape index (κ3) is 2.06. The topological polar surface area (TPSA) is 46.2 Å². The Labute approximate surface area is 73.0 Å². The Morgan fingerprint density at radius 1 is 1.25 bits per heavy atom. The highest BCUT2D eigenvalue weighted by Gasteiger charge is 2.12. The van der Waals surface area contributed by atoms with Gasteiger partial charge in [-0.15, -0.1) is 0 Å². The first kappa shape index (κ1) is 9.23. The van der Waals surface area contributed by atoms with Crippen LogP contribution in [0.4, 0.5) is 0 Å². The van der Waals surface area contributed by atoms with Crippen LogP contribution in [0.2, 0.25) is 0 Å². The van der Waals surface area contributed by atoms with E-state index >= 15 is 0 Å². The van der Waals surface area contributed by atoms with E-state index in [1.165, 1.54) is 0 Å². The van der Waals surface area contributed by atoms with Crippen molar-refractivity contribution in [2.24, 2.45) is 5.73 Å². The molecule has 1 aromatic carbocycles. The zero-order valence-corrected chi connectivity index (χ0v) is 7.54. The van der Waals surface area contributed by atoms with E-state index in [0.717, 1.165) is 11.1 Å². The van der Waals surface area contributed by atoms with Gasteiger partial charge < -0.3 is 10.8 Å². The van der Waals surface area contributed by atoms with Crippen LogP contribution in [0.1, 0.15) is 25.0 Å². The predicted molar refractivity (Wildman–Crippen MR) is 49.6 cm³/mol. The van der Waals surface area contributed by atoms with Gasteiger partial charge in [0.1, 0.15) is 0 Å². The quantitative estimate of drug-likeness (QED) is 0.695. The number of hydrogen-bond donors (Lipinski definition) is 2. The van der Waals surface area contributed by atoms with Crippen LogP contribution in [-0.2, 0) is 12.1 Å². The summed E-state index contributed by atoms with van der Waals surface area (Å²) in [6, 6.07) is 7.69. The van der Waals surface area contributed by atoms with Gasteiger partial charge in [0.25, 0.3) is 0 Å². The van der Waals surface area contributed by atoms with Crippen LogP contribution in [0.5, 0.6) is 0 Å². The fraction of sp³-hybridized carbons (Fsp3) is 0.400. The molecule has 0 aromatic heterocycles. The van der Waals surface area contributed by atoms with Crippen molar-refractivity contribution in [1.82, 2.24) is 0 Å². The van der Waals surface area contributed by atoms with E-state index in [1.54, 1.807) is 0 Å². The number of aliphatic hydroxyl groups excluding tert-OH is 1. The van der Waals surface area contributed by atoms with Crippen LogP contribution in [0.25, 0.3) is 0 Å². The Morgan fingerprint density at radius 2 is 1.75 bits per heavy atom. The highest BCUT2D eigenvalue weighted by molar-refractivity contribution is 5.26. The third-order valence-electron chi connectivity index (χ3n) is 1.88. The third-order valence-corrected chi connectivity index (χ3v) is 1.88. The molecule has 3 N–H and O–H groups in total. The molecule has 66 valence electrons. The van der Waals surface area contributed by atoms with Crippen molar-refractivity contribution in [2.45, 2.75) is 26.0 Å². The molecule has 0 radical (unpaired) electrons. The highest BCUT2D eigenvalue weighted by Crippen LogP contribution is 2.16. The summed E-state index contributed by atoms with van der Waals surface area (Å²) in [5.74, 6) is 0. The number of hydrogen-bond acceptors (Lipinski definition) is 2. The van der Waals surface area contributed by atoms with E-state index in [0.29, 0.717) is 0 Å². The molecule has 0 aliphatic carbocycles. The summed E-state index contributed by atoms with van der Waals surface area (Å²) < 4.78 is 0. The van der Waals surface area contributed by atoms with Crippen molar-refractivity contribution in [3.8, 4) is 0 Å². The van der Waals surface area contributed by atoms with Gasteiger partial charge in [-0.05, 0) is 25.0 Å². The molecule has 0 fully saturated rings. The molecule has 0 atom stereocenters. The first-order valence-electron chi connectivity index (χ1n) is 4.03. The summed E-state index contributed by atoms with van der Waals surface area (Å²) in [4.78, 5) is 0. The van der Waals surface area contributed by atoms with Crippen LogP contribution < -0.4 is 5.73 Å². The van der Waals surface area contributed by atoms with Gasteiger partial charge in [-0.1, -0.05) is 24.3 Å². The molecule has 0 amide bonds. The molecule has 0 saturated carbocycles. The van der Waals surface area contributed by atoms with Gasteiger partial charge in [0.2, 0.25) is 0 Å². The van der Waals surface area contributed by atoms with Gasteiger partial charge in [-0.2, -0.15) is 0 Å². The smallest absolute Gasteiger partial charge is 0.0681 e. The molecule has 1 rings (SSSR count). The Kier molecular flexibility index (Phi) is 2.50. The number of rotatable bonds is 2. The summed E-state index contributed by atoms with van der Waals surface area (Å²) in [6.45, 7) is 4.01. The average Bonchev–Trinajstić information content (AvgIpc) is 2.03. The van der Waals surface area contributed by atoms with Gasteiger partial charge in [0.05, 0.1) is 6.61 Å². The molecule has 0 heterocycles. The molecular weight excluding hydrogens is 150 g/mol. The maximum Gasteiger partial charge on any atom is 0.0681 e. The minimum Gasteiger partial charge on any atom is -0.392 e. The second kappa shape index (κ2) is 3.25. The predicted octanol–water partition coefficient (Wildman–Crippen LogP) is 1.37. The molecule has 1 aromatic rings. The van der Waals surface area contributed by atoms with Crippen LogP contribution >= 0.6 is 0 Å². The standard InChI is InChI=1S/C10H15NO/c1-10(2,11)9-5-3-8(7-12)4-6-9/h3-6,12H,7,11H2,1-2H3. The van der Waals surface area contributed by atoms with E-state index in [4.69, 9.17) is 10.8 Å². The van der Waals surface area contributed by atoms with Crippen molar-refractivity contribution >= 4 is 0 Å². The number of benzene rings is 1. The molecule has 0 saturated heterocycles. The minimum absolute atomic E-state index is 0.0886. The average molecular weight is 165 g/mol. The summed E-state index contributed by atoms with van der Waals surface area (Å²) >= 11 is 0. The Morgan fingerprint density at radius 3 is 2.08 bits per heavy atom. The lowest BCUT2D eigenvalue weighted by molar-refractivity contribution is 0.282. The maximum atomic E-state index is 8.80. The lowest BCUT2D eigenvalue weighted by Gasteiger charge is -2.18. The van der Waals surface area contributed by atoms with Crippen molar-refractivity contribution < 1.29 is 5.11 Å². The Balaban J connectivity index is 2.93. The van der Waals surface area contributed by atoms with E-state index in [1.807, 2.05) is 38.1 Å². The number of nitrogens with two attached hydrogens (primary N) is 1. The van der Waals surface area contributed by atoms with Crippen molar-refractivity contribution in [3.63, 3.8) is 0 Å². The minimum atomic E-state index is -0.298. The number of aliphatic hydroxyl groups is 1. The lowest BCUT2D eigenvalue weighted by atomic mass is 9.95. The SMILES string of the molecule is CC(C)(N)c1ccc(CO)cc1. The summed E-state index contributed by atoms with van der Waals surface area (Å²) in [5.41, 5.74) is 7.59. The first-order valence-corrected chi connectivity index (χ1v) is 4.03. The molecule has 0 aliphatic heterocycles. The molecule has 2 heteroatoms. The molecule has 0 unspecified atom stereocenters. The summed E-state index contributed by atoms with van der Waals surface area (Å²) in [7, 11) is 0. The molecule has 0 bridgehead atoms. The monoisotopic (exact) mass is 165 g/mol. The summed E-state index contributed by atoms with van der Waals surface area (Å²) in [6.07, 6.45) is 0. The van der Waals surface area contributed by atoms with Crippen molar-refractivity contribution in [3.05, 3.63) is 35.4 Å². The molecular formula is C10H15NO. The molecule has 0 spiro atoms. The lowest BCUT2D eigenvalue weighted by Crippen LogP contribution is -2.28. The summed E-state index contributed by atoms with van der Waals surface area (Å²) in [5, 5.41) is 8.80. The second-order valence-corrected chi connectivity index (χ2v) is 3.58. The van der Waals surface area contributed by atoms with Gasteiger partial charge in [-0.3, -0.25) is 0 Å². The van der Waals surface area contributed by atoms with Crippen LogP contribution in [0, 0.1) is 0 Å². The molecule has 12 heavy (non-hydrogen) atoms. The van der Waals surface area contributed by atoms with Crippen LogP contribution in [0.15, 0.2) is 24.3 Å². The van der Waals surface area contributed by atoms with Gasteiger partial charge in [-0.25, -0.2) is 0 Å². The van der Waals surface area contributed by atoms with Crippen LogP contribution in [-0.4, -0.2) is 5.11 Å². The fourth-order valence-electron chi connectivity index (χ4n) is 1.04. The highest BCUT2D eigenvalue weighted by atomic mass is 16.3. The Hall–Kier alpha value is -0.860. The van der Waals surface area contributed by atoms with Crippen LogP contribution in [0.3, 0.4) is 0 Å². The zero-order chi connectivity index (χ0) is 9.19. The van der Waals surface area contributed by atoms with Gasteiger partial charge >= 0.3 is 0 Å². The van der Waals surface area contributed by atoms with E-state index in [2.05, 4.69) is 0 Å². The zero-order valence-electron chi connectivity index (χ0n) is 7.54. The maximum absolute atomic E-state index is 8.80. The van der Waals surface area contributed by atoms with E-state index in [-0.39, 0.29) is 12.1 Å². The van der Waals surface area contributed by atoms with Crippen molar-refractivity contribution in [2.75, 3.05) is 0 Å². The first-order chi connectivity index (χ1) is 5.54. The van der Waals surface area contributed by atoms with Gasteiger partial charge in [0, 0.05) is 5.54 Å². The van der Waals surface area contributed by atoms with Gasteiger partial charge in [0.15, 0.2) is 0 Å². The fourth-order valence-corrected chi connectivity index (χ4v) is 1.04. The van der Waals surface area contributed by atoms with E-state index < -0.39 is 0 Å². The molecule has 2 nitrogen and oxygen atoms in total. The Bertz CT molecular complexity index is 246.